The maximum atomic E-state index is 12.4. The van der Waals surface area contributed by atoms with Crippen molar-refractivity contribution in [3.05, 3.63) is 48.7 Å². The molecule has 1 aromatic carbocycles. The normalized spacial score (nSPS) is 12.1. The van der Waals surface area contributed by atoms with Gasteiger partial charge in [-0.25, -0.2) is 0 Å². The van der Waals surface area contributed by atoms with E-state index in [9.17, 15) is 4.79 Å². The monoisotopic (exact) mass is 328 g/mol. The van der Waals surface area contributed by atoms with Crippen molar-refractivity contribution >= 4 is 29.0 Å². The molecule has 2 aromatic heterocycles. The second-order valence-corrected chi connectivity index (χ2v) is 6.17. The van der Waals surface area contributed by atoms with Crippen LogP contribution in [-0.2, 0) is 4.79 Å². The average molecular weight is 328 g/mol. The third-order valence-electron chi connectivity index (χ3n) is 3.30. The van der Waals surface area contributed by atoms with Crippen LogP contribution >= 0.6 is 11.8 Å². The summed E-state index contributed by atoms with van der Waals surface area (Å²) in [7, 11) is 1.57. The van der Waals surface area contributed by atoms with E-state index in [0.29, 0.717) is 16.6 Å². The number of nitrogens with zero attached hydrogens (tertiary/aromatic N) is 3. The zero-order valence-electron chi connectivity index (χ0n) is 12.8. The highest BCUT2D eigenvalue weighted by Gasteiger charge is 2.19. The SMILES string of the molecule is COc1ccccc1NC(=O)[C@@H](C)Sc1nnc2ccccn12. The van der Waals surface area contributed by atoms with Gasteiger partial charge in [0.25, 0.3) is 0 Å². The molecule has 0 aliphatic heterocycles. The van der Waals surface area contributed by atoms with Gasteiger partial charge in [0.2, 0.25) is 5.91 Å². The summed E-state index contributed by atoms with van der Waals surface area (Å²) < 4.78 is 7.10. The Kier molecular flexibility index (Phi) is 4.47. The summed E-state index contributed by atoms with van der Waals surface area (Å²) in [6.45, 7) is 1.83. The Bertz CT molecular complexity index is 834. The first kappa shape index (κ1) is 15.4. The van der Waals surface area contributed by atoms with Crippen LogP contribution in [0.4, 0.5) is 5.69 Å². The number of pyridine rings is 1. The van der Waals surface area contributed by atoms with Crippen LogP contribution in [0.15, 0.2) is 53.8 Å². The van der Waals surface area contributed by atoms with Crippen molar-refractivity contribution in [1.29, 1.82) is 0 Å². The van der Waals surface area contributed by atoms with Crippen molar-refractivity contribution in [2.24, 2.45) is 0 Å². The second-order valence-electron chi connectivity index (χ2n) is 4.86. The molecule has 3 aromatic rings. The fourth-order valence-corrected chi connectivity index (χ4v) is 2.93. The number of para-hydroxylation sites is 2. The fourth-order valence-electron chi connectivity index (χ4n) is 2.09. The van der Waals surface area contributed by atoms with Crippen LogP contribution in [-0.4, -0.2) is 32.9 Å². The molecule has 2 heterocycles. The number of anilines is 1. The van der Waals surface area contributed by atoms with Crippen LogP contribution in [0.3, 0.4) is 0 Å². The highest BCUT2D eigenvalue weighted by molar-refractivity contribution is 8.00. The Balaban J connectivity index is 1.73. The van der Waals surface area contributed by atoms with Crippen LogP contribution in [0.1, 0.15) is 6.92 Å². The number of benzene rings is 1. The highest BCUT2D eigenvalue weighted by Crippen LogP contribution is 2.26. The van der Waals surface area contributed by atoms with Gasteiger partial charge in [0, 0.05) is 6.20 Å². The summed E-state index contributed by atoms with van der Waals surface area (Å²) in [5.41, 5.74) is 1.41. The molecule has 0 unspecified atom stereocenters. The molecular formula is C16H16N4O2S. The standard InChI is InChI=1S/C16H16N4O2S/c1-11(15(21)17-12-7-3-4-8-13(12)22-2)23-16-19-18-14-9-5-6-10-20(14)16/h3-11H,1-2H3,(H,17,21)/t11-/m1/s1. The summed E-state index contributed by atoms with van der Waals surface area (Å²) in [5.74, 6) is 0.512. The first-order valence-electron chi connectivity index (χ1n) is 7.09. The number of hydrogen-bond acceptors (Lipinski definition) is 5. The van der Waals surface area contributed by atoms with Crippen molar-refractivity contribution in [2.45, 2.75) is 17.3 Å². The first-order valence-corrected chi connectivity index (χ1v) is 7.97. The van der Waals surface area contributed by atoms with Gasteiger partial charge in [-0.3, -0.25) is 9.20 Å². The molecule has 0 fully saturated rings. The summed E-state index contributed by atoms with van der Waals surface area (Å²) in [4.78, 5) is 12.4. The minimum atomic E-state index is -0.326. The number of fused-ring (bicyclic) bond motifs is 1. The summed E-state index contributed by atoms with van der Waals surface area (Å²) >= 11 is 1.36. The van der Waals surface area contributed by atoms with Crippen molar-refractivity contribution in [3.63, 3.8) is 0 Å². The minimum absolute atomic E-state index is 0.118. The molecule has 3 rings (SSSR count). The van der Waals surface area contributed by atoms with Gasteiger partial charge in [-0.2, -0.15) is 0 Å². The Morgan fingerprint density at radius 1 is 1.22 bits per heavy atom. The largest absolute Gasteiger partial charge is 0.495 e. The van der Waals surface area contributed by atoms with E-state index in [-0.39, 0.29) is 11.2 Å². The summed E-state index contributed by atoms with van der Waals surface area (Å²) in [6, 6.07) is 13.0. The molecule has 0 aliphatic rings. The lowest BCUT2D eigenvalue weighted by molar-refractivity contribution is -0.115. The zero-order valence-corrected chi connectivity index (χ0v) is 13.6. The third kappa shape index (κ3) is 3.29. The van der Waals surface area contributed by atoms with E-state index in [4.69, 9.17) is 4.74 Å². The molecule has 118 valence electrons. The minimum Gasteiger partial charge on any atom is -0.495 e. The van der Waals surface area contributed by atoms with Gasteiger partial charge in [0.15, 0.2) is 10.8 Å². The predicted molar refractivity (Wildman–Crippen MR) is 89.9 cm³/mol. The van der Waals surface area contributed by atoms with E-state index < -0.39 is 0 Å². The van der Waals surface area contributed by atoms with Gasteiger partial charge in [0.05, 0.1) is 18.0 Å². The quantitative estimate of drug-likeness (QED) is 0.729. The van der Waals surface area contributed by atoms with E-state index in [1.807, 2.05) is 47.9 Å². The Labute approximate surface area is 137 Å². The van der Waals surface area contributed by atoms with Crippen molar-refractivity contribution in [3.8, 4) is 5.75 Å². The third-order valence-corrected chi connectivity index (χ3v) is 4.36. The van der Waals surface area contributed by atoms with Gasteiger partial charge < -0.3 is 10.1 Å². The first-order chi connectivity index (χ1) is 11.2. The van der Waals surface area contributed by atoms with E-state index in [2.05, 4.69) is 15.5 Å². The topological polar surface area (TPSA) is 68.5 Å². The van der Waals surface area contributed by atoms with Gasteiger partial charge >= 0.3 is 0 Å². The number of amides is 1. The molecule has 1 N–H and O–H groups in total. The maximum absolute atomic E-state index is 12.4. The number of carbonyl (C=O) groups is 1. The molecule has 0 saturated heterocycles. The smallest absolute Gasteiger partial charge is 0.237 e. The van der Waals surface area contributed by atoms with Crippen LogP contribution in [0.2, 0.25) is 0 Å². The molecule has 1 amide bonds. The number of hydrogen-bond donors (Lipinski definition) is 1. The number of ether oxygens (including phenoxy) is 1. The van der Waals surface area contributed by atoms with Crippen LogP contribution in [0, 0.1) is 0 Å². The lowest BCUT2D eigenvalue weighted by atomic mass is 10.3. The maximum Gasteiger partial charge on any atom is 0.237 e. The van der Waals surface area contributed by atoms with Gasteiger partial charge in [0.1, 0.15) is 5.75 Å². The molecule has 7 heteroatoms. The van der Waals surface area contributed by atoms with Gasteiger partial charge in [-0.05, 0) is 31.2 Å². The van der Waals surface area contributed by atoms with Crippen molar-refractivity contribution < 1.29 is 9.53 Å². The molecule has 0 bridgehead atoms. The van der Waals surface area contributed by atoms with E-state index >= 15 is 0 Å². The summed E-state index contributed by atoms with van der Waals surface area (Å²) in [5, 5.41) is 11.4. The summed E-state index contributed by atoms with van der Waals surface area (Å²) in [6.07, 6.45) is 1.88. The van der Waals surface area contributed by atoms with Crippen LogP contribution in [0.25, 0.3) is 5.65 Å². The van der Waals surface area contributed by atoms with E-state index in [1.54, 1.807) is 19.2 Å². The highest BCUT2D eigenvalue weighted by atomic mass is 32.2. The van der Waals surface area contributed by atoms with Crippen LogP contribution in [0.5, 0.6) is 5.75 Å². The molecule has 0 saturated carbocycles. The van der Waals surface area contributed by atoms with Gasteiger partial charge in [-0.15, -0.1) is 10.2 Å². The van der Waals surface area contributed by atoms with Crippen LogP contribution < -0.4 is 10.1 Å². The molecule has 0 spiro atoms. The molecule has 23 heavy (non-hydrogen) atoms. The Morgan fingerprint density at radius 3 is 2.83 bits per heavy atom. The number of methoxy groups -OCH3 is 1. The number of carbonyl (C=O) groups excluding carboxylic acids is 1. The van der Waals surface area contributed by atoms with E-state index in [1.165, 1.54) is 11.8 Å². The fraction of sp³-hybridized carbons (Fsp3) is 0.188. The number of rotatable bonds is 5. The van der Waals surface area contributed by atoms with Crippen molar-refractivity contribution in [1.82, 2.24) is 14.6 Å². The number of aromatic nitrogens is 3. The molecule has 6 nitrogen and oxygen atoms in total. The molecular weight excluding hydrogens is 312 g/mol. The molecule has 0 aliphatic carbocycles. The van der Waals surface area contributed by atoms with E-state index in [0.717, 1.165) is 5.65 Å². The van der Waals surface area contributed by atoms with Crippen molar-refractivity contribution in [2.75, 3.05) is 12.4 Å². The van der Waals surface area contributed by atoms with Gasteiger partial charge in [-0.1, -0.05) is 30.0 Å². The average Bonchev–Trinajstić information content (AvgIpc) is 2.98. The second kappa shape index (κ2) is 6.70. The molecule has 1 atom stereocenters. The number of nitrogens with one attached hydrogen (secondary N) is 1. The molecule has 0 radical (unpaired) electrons. The zero-order chi connectivity index (χ0) is 16.2. The Morgan fingerprint density at radius 2 is 2.00 bits per heavy atom. The predicted octanol–water partition coefficient (Wildman–Crippen LogP) is 2.86. The lowest BCUT2D eigenvalue weighted by Gasteiger charge is -2.13. The lowest BCUT2D eigenvalue weighted by Crippen LogP contribution is -2.23. The Hall–Kier alpha value is -2.54. The number of thioether (sulfide) groups is 1.